The van der Waals surface area contributed by atoms with E-state index in [-0.39, 0.29) is 0 Å². The molecule has 0 saturated carbocycles. The molecule has 1 heterocycles. The lowest BCUT2D eigenvalue weighted by molar-refractivity contribution is 0.386. The highest BCUT2D eigenvalue weighted by atomic mass is 15.1. The van der Waals surface area contributed by atoms with E-state index in [1.165, 1.54) is 33.2 Å². The van der Waals surface area contributed by atoms with Crippen LogP contribution in [0.5, 0.6) is 0 Å². The molecule has 0 atom stereocenters. The van der Waals surface area contributed by atoms with Crippen LogP contribution in [-0.2, 0) is 6.54 Å². The van der Waals surface area contributed by atoms with Gasteiger partial charge in [-0.25, -0.2) is 0 Å². The second-order valence-electron chi connectivity index (χ2n) is 6.96. The Hall–Kier alpha value is -3.06. The van der Waals surface area contributed by atoms with Crippen molar-refractivity contribution in [2.24, 2.45) is 0 Å². The smallest absolute Gasteiger partial charge is 0.0439 e. The molecule has 0 spiro atoms. The van der Waals surface area contributed by atoms with E-state index < -0.39 is 0 Å². The minimum Gasteiger partial charge on any atom is -0.363 e. The lowest BCUT2D eigenvalue weighted by Crippen LogP contribution is -2.26. The van der Waals surface area contributed by atoms with Gasteiger partial charge in [-0.3, -0.25) is 0 Å². The van der Waals surface area contributed by atoms with Gasteiger partial charge in [-0.15, -0.1) is 0 Å². The van der Waals surface area contributed by atoms with Crippen LogP contribution < -0.4 is 0 Å². The van der Waals surface area contributed by atoms with Gasteiger partial charge in [-0.2, -0.15) is 0 Å². The maximum absolute atomic E-state index is 2.47. The summed E-state index contributed by atoms with van der Waals surface area (Å²) in [4.78, 5) is 2.47. The fourth-order valence-electron chi connectivity index (χ4n) is 3.67. The van der Waals surface area contributed by atoms with Crippen molar-refractivity contribution in [3.05, 3.63) is 114 Å². The van der Waals surface area contributed by atoms with Crippen LogP contribution in [0.25, 0.3) is 16.3 Å². The Morgan fingerprint density at radius 1 is 0.852 bits per heavy atom. The molecule has 0 unspecified atom stereocenters. The zero-order valence-electron chi connectivity index (χ0n) is 15.8. The molecule has 0 bridgehead atoms. The number of hydrogen-bond acceptors (Lipinski definition) is 1. The molecule has 0 N–H and O–H groups in total. The van der Waals surface area contributed by atoms with Gasteiger partial charge in [0.05, 0.1) is 0 Å². The number of hydrogen-bond donors (Lipinski definition) is 0. The van der Waals surface area contributed by atoms with E-state index in [4.69, 9.17) is 0 Å². The van der Waals surface area contributed by atoms with Gasteiger partial charge >= 0.3 is 0 Å². The van der Waals surface area contributed by atoms with E-state index in [2.05, 4.69) is 109 Å². The highest BCUT2D eigenvalue weighted by molar-refractivity contribution is 5.94. The third-order valence-corrected chi connectivity index (χ3v) is 5.06. The van der Waals surface area contributed by atoms with Crippen molar-refractivity contribution in [1.29, 1.82) is 0 Å². The SMILES string of the molecule is CCC=CC1=CC=C(c2cccc3ccccc23)CN1Cc1ccccc1. The molecule has 0 aliphatic carbocycles. The van der Waals surface area contributed by atoms with Crippen LogP contribution in [0.2, 0.25) is 0 Å². The topological polar surface area (TPSA) is 3.24 Å². The van der Waals surface area contributed by atoms with Gasteiger partial charge in [-0.05, 0) is 46.0 Å². The Bertz CT molecular complexity index is 1000. The number of benzene rings is 3. The van der Waals surface area contributed by atoms with Gasteiger partial charge in [0, 0.05) is 18.8 Å². The van der Waals surface area contributed by atoms with Gasteiger partial charge in [0.2, 0.25) is 0 Å². The Balaban J connectivity index is 1.71. The second-order valence-corrected chi connectivity index (χ2v) is 6.96. The van der Waals surface area contributed by atoms with Gasteiger partial charge in [0.1, 0.15) is 0 Å². The van der Waals surface area contributed by atoms with E-state index in [0.29, 0.717) is 0 Å². The average Bonchev–Trinajstić information content (AvgIpc) is 2.73. The van der Waals surface area contributed by atoms with E-state index in [1.54, 1.807) is 0 Å². The summed E-state index contributed by atoms with van der Waals surface area (Å²) >= 11 is 0. The molecular weight excluding hydrogens is 326 g/mol. The molecule has 27 heavy (non-hydrogen) atoms. The Morgan fingerprint density at radius 2 is 1.63 bits per heavy atom. The first kappa shape index (κ1) is 17.4. The van der Waals surface area contributed by atoms with E-state index in [1.807, 2.05) is 0 Å². The first-order valence-corrected chi connectivity index (χ1v) is 9.69. The summed E-state index contributed by atoms with van der Waals surface area (Å²) in [6.07, 6.45) is 10.1. The second kappa shape index (κ2) is 8.09. The van der Waals surface area contributed by atoms with Crippen LogP contribution in [0.3, 0.4) is 0 Å². The predicted octanol–water partition coefficient (Wildman–Crippen LogP) is 6.59. The summed E-state index contributed by atoms with van der Waals surface area (Å²) in [6.45, 7) is 4.02. The summed E-state index contributed by atoms with van der Waals surface area (Å²) in [6, 6.07) is 26.0. The van der Waals surface area contributed by atoms with Crippen molar-refractivity contribution in [1.82, 2.24) is 4.90 Å². The molecule has 4 rings (SSSR count). The number of allylic oxidation sites excluding steroid dienone is 4. The zero-order chi connectivity index (χ0) is 18.5. The van der Waals surface area contributed by atoms with Crippen LogP contribution in [-0.4, -0.2) is 11.4 Å². The largest absolute Gasteiger partial charge is 0.363 e. The summed E-state index contributed by atoms with van der Waals surface area (Å²) in [5.74, 6) is 0. The third-order valence-electron chi connectivity index (χ3n) is 5.06. The lowest BCUT2D eigenvalue weighted by atomic mass is 9.95. The molecule has 134 valence electrons. The maximum atomic E-state index is 2.47. The van der Waals surface area contributed by atoms with Gasteiger partial charge in [0.15, 0.2) is 0 Å². The van der Waals surface area contributed by atoms with Gasteiger partial charge in [-0.1, -0.05) is 91.9 Å². The molecule has 1 heteroatoms. The molecule has 3 aromatic rings. The summed E-state index contributed by atoms with van der Waals surface area (Å²) in [7, 11) is 0. The van der Waals surface area contributed by atoms with Crippen LogP contribution in [0, 0.1) is 0 Å². The van der Waals surface area contributed by atoms with Crippen molar-refractivity contribution >= 4 is 16.3 Å². The first-order valence-electron chi connectivity index (χ1n) is 9.69. The van der Waals surface area contributed by atoms with Crippen LogP contribution >= 0.6 is 0 Å². The standard InChI is InChI=1S/C26H25N/c1-2-3-14-24-18-17-23(20-27(24)19-21-10-5-4-6-11-21)26-16-9-13-22-12-7-8-15-25(22)26/h3-18H,2,19-20H2,1H3. The summed E-state index contributed by atoms with van der Waals surface area (Å²) in [5, 5.41) is 2.62. The zero-order valence-corrected chi connectivity index (χ0v) is 15.8. The first-order chi connectivity index (χ1) is 13.3. The minimum atomic E-state index is 0.919. The van der Waals surface area contributed by atoms with Crippen LogP contribution in [0.4, 0.5) is 0 Å². The predicted molar refractivity (Wildman–Crippen MR) is 116 cm³/mol. The molecule has 1 aliphatic heterocycles. The van der Waals surface area contributed by atoms with Crippen molar-refractivity contribution in [3.8, 4) is 0 Å². The van der Waals surface area contributed by atoms with Crippen LogP contribution in [0.15, 0.2) is 103 Å². The third kappa shape index (κ3) is 3.88. The van der Waals surface area contributed by atoms with Crippen molar-refractivity contribution in [2.45, 2.75) is 19.9 Å². The maximum Gasteiger partial charge on any atom is 0.0439 e. The van der Waals surface area contributed by atoms with Crippen LogP contribution in [0.1, 0.15) is 24.5 Å². The lowest BCUT2D eigenvalue weighted by Gasteiger charge is -2.30. The van der Waals surface area contributed by atoms with E-state index in [9.17, 15) is 0 Å². The minimum absolute atomic E-state index is 0.919. The van der Waals surface area contributed by atoms with Crippen molar-refractivity contribution in [2.75, 3.05) is 6.54 Å². The molecule has 1 nitrogen and oxygen atoms in total. The molecule has 1 aliphatic rings. The molecule has 3 aromatic carbocycles. The molecule has 0 fully saturated rings. The molecule has 0 amide bonds. The van der Waals surface area contributed by atoms with Gasteiger partial charge in [0.25, 0.3) is 0 Å². The van der Waals surface area contributed by atoms with E-state index >= 15 is 0 Å². The number of rotatable bonds is 5. The average molecular weight is 351 g/mol. The fraction of sp³-hybridized carbons (Fsp3) is 0.154. The Labute approximate surface area is 162 Å². The van der Waals surface area contributed by atoms with Gasteiger partial charge < -0.3 is 4.90 Å². The van der Waals surface area contributed by atoms with E-state index in [0.717, 1.165) is 19.5 Å². The van der Waals surface area contributed by atoms with Crippen molar-refractivity contribution < 1.29 is 0 Å². The normalized spacial score (nSPS) is 14.5. The Morgan fingerprint density at radius 3 is 2.48 bits per heavy atom. The quantitative estimate of drug-likeness (QED) is 0.501. The van der Waals surface area contributed by atoms with Crippen molar-refractivity contribution in [3.63, 3.8) is 0 Å². The molecule has 0 saturated heterocycles. The highest BCUT2D eigenvalue weighted by Gasteiger charge is 2.16. The molecule has 0 radical (unpaired) electrons. The summed E-state index contributed by atoms with van der Waals surface area (Å²) < 4.78 is 0. The highest BCUT2D eigenvalue weighted by Crippen LogP contribution is 2.30. The fourth-order valence-corrected chi connectivity index (χ4v) is 3.67. The summed E-state index contributed by atoms with van der Waals surface area (Å²) in [5.41, 5.74) is 5.33. The number of nitrogens with zero attached hydrogens (tertiary/aromatic N) is 1. The molecular formula is C26H25N. The molecule has 0 aromatic heterocycles. The Kier molecular flexibility index (Phi) is 5.20. The number of fused-ring (bicyclic) bond motifs is 1. The monoisotopic (exact) mass is 351 g/mol.